The molecule has 1 atom stereocenters. The van der Waals surface area contributed by atoms with Crippen molar-refractivity contribution in [3.8, 4) is 0 Å². The molecule has 1 aromatic heterocycles. The van der Waals surface area contributed by atoms with E-state index in [-0.39, 0.29) is 57.3 Å². The molecular formula is C21H20KN2O3+. The number of amides is 1. The number of hydrogen-bond donors (Lipinski definition) is 3. The van der Waals surface area contributed by atoms with Crippen LogP contribution in [0.25, 0.3) is 10.9 Å². The molecule has 1 amide bonds. The second-order valence-electron chi connectivity index (χ2n) is 6.70. The fraction of sp³-hybridized carbons (Fsp3) is 0.238. The van der Waals surface area contributed by atoms with Gasteiger partial charge in [0.25, 0.3) is 5.91 Å². The molecule has 27 heavy (non-hydrogen) atoms. The predicted octanol–water partition coefficient (Wildman–Crippen LogP) is 0.606. The number of hydrogen-bond acceptors (Lipinski definition) is 2. The molecule has 0 spiro atoms. The van der Waals surface area contributed by atoms with Crippen molar-refractivity contribution in [3.63, 3.8) is 0 Å². The van der Waals surface area contributed by atoms with E-state index in [1.54, 1.807) is 6.07 Å². The number of nitrogens with one attached hydrogen (secondary N) is 2. The topological polar surface area (TPSA) is 82.2 Å². The van der Waals surface area contributed by atoms with Crippen molar-refractivity contribution in [1.29, 1.82) is 0 Å². The summed E-state index contributed by atoms with van der Waals surface area (Å²) in [5, 5.41) is 13.4. The van der Waals surface area contributed by atoms with Crippen LogP contribution in [0, 0.1) is 0 Å². The van der Waals surface area contributed by atoms with Gasteiger partial charge in [-0.25, -0.2) is 0 Å². The molecule has 132 valence electrons. The SMILES string of the molecule is O=C(NCc1ccccc1)c1cccc2c3c([nH]c12)C(C(=O)O)CCC3.[K+]. The molecule has 1 unspecified atom stereocenters. The van der Waals surface area contributed by atoms with Crippen LogP contribution >= 0.6 is 0 Å². The van der Waals surface area contributed by atoms with Gasteiger partial charge in [-0.2, -0.15) is 0 Å². The number of fused-ring (bicyclic) bond motifs is 3. The van der Waals surface area contributed by atoms with Crippen molar-refractivity contribution < 1.29 is 66.1 Å². The van der Waals surface area contributed by atoms with E-state index < -0.39 is 11.9 Å². The van der Waals surface area contributed by atoms with E-state index in [0.717, 1.165) is 40.6 Å². The molecule has 5 nitrogen and oxygen atoms in total. The van der Waals surface area contributed by atoms with Crippen LogP contribution in [-0.2, 0) is 17.8 Å². The zero-order valence-corrected chi connectivity index (χ0v) is 18.4. The van der Waals surface area contributed by atoms with Gasteiger partial charge in [0.1, 0.15) is 0 Å². The van der Waals surface area contributed by atoms with Crippen LogP contribution in [0.2, 0.25) is 0 Å². The Morgan fingerprint density at radius 3 is 2.63 bits per heavy atom. The molecule has 0 saturated heterocycles. The second kappa shape index (κ2) is 8.71. The molecule has 0 radical (unpaired) electrons. The van der Waals surface area contributed by atoms with Gasteiger partial charge in [0.05, 0.1) is 17.0 Å². The predicted molar refractivity (Wildman–Crippen MR) is 99.2 cm³/mol. The molecule has 1 heterocycles. The van der Waals surface area contributed by atoms with E-state index in [9.17, 15) is 14.7 Å². The summed E-state index contributed by atoms with van der Waals surface area (Å²) in [6.45, 7) is 0.453. The average Bonchev–Trinajstić information content (AvgIpc) is 3.05. The first kappa shape index (κ1) is 20.3. The summed E-state index contributed by atoms with van der Waals surface area (Å²) in [5.41, 5.74) is 4.11. The van der Waals surface area contributed by atoms with Crippen LogP contribution in [0.3, 0.4) is 0 Å². The third-order valence-corrected chi connectivity index (χ3v) is 5.08. The molecule has 4 rings (SSSR count). The summed E-state index contributed by atoms with van der Waals surface area (Å²) >= 11 is 0. The second-order valence-corrected chi connectivity index (χ2v) is 6.70. The number of rotatable bonds is 4. The van der Waals surface area contributed by atoms with Crippen LogP contribution in [0.5, 0.6) is 0 Å². The van der Waals surface area contributed by atoms with E-state index in [2.05, 4.69) is 10.3 Å². The minimum atomic E-state index is -0.812. The average molecular weight is 388 g/mol. The van der Waals surface area contributed by atoms with Crippen molar-refractivity contribution in [2.75, 3.05) is 0 Å². The Morgan fingerprint density at radius 2 is 1.89 bits per heavy atom. The summed E-state index contributed by atoms with van der Waals surface area (Å²) in [6, 6.07) is 15.3. The van der Waals surface area contributed by atoms with Gasteiger partial charge in [-0.15, -0.1) is 0 Å². The minimum Gasteiger partial charge on any atom is -0.481 e. The van der Waals surface area contributed by atoms with Crippen molar-refractivity contribution in [2.24, 2.45) is 0 Å². The van der Waals surface area contributed by atoms with Crippen LogP contribution in [0.4, 0.5) is 0 Å². The molecule has 3 aromatic rings. The number of carboxylic acid groups (broad SMARTS) is 1. The van der Waals surface area contributed by atoms with Crippen molar-refractivity contribution >= 4 is 22.8 Å². The molecule has 0 aliphatic heterocycles. The molecule has 6 heteroatoms. The van der Waals surface area contributed by atoms with Crippen LogP contribution < -0.4 is 56.7 Å². The normalized spacial score (nSPS) is 15.6. The molecule has 0 bridgehead atoms. The number of aromatic nitrogens is 1. The largest absolute Gasteiger partial charge is 1.00 e. The Kier molecular flexibility index (Phi) is 6.55. The van der Waals surface area contributed by atoms with Crippen LogP contribution in [0.15, 0.2) is 48.5 Å². The van der Waals surface area contributed by atoms with E-state index in [4.69, 9.17) is 0 Å². The first-order valence-corrected chi connectivity index (χ1v) is 8.83. The molecule has 1 aliphatic rings. The maximum Gasteiger partial charge on any atom is 1.00 e. The fourth-order valence-corrected chi connectivity index (χ4v) is 3.80. The first-order valence-electron chi connectivity index (χ1n) is 8.83. The zero-order chi connectivity index (χ0) is 18.1. The van der Waals surface area contributed by atoms with Crippen LogP contribution in [0.1, 0.15) is 45.9 Å². The maximum absolute atomic E-state index is 12.7. The molecule has 2 aromatic carbocycles. The molecule has 0 fully saturated rings. The van der Waals surface area contributed by atoms with Gasteiger partial charge < -0.3 is 15.4 Å². The number of carbonyl (C=O) groups is 2. The summed E-state index contributed by atoms with van der Waals surface area (Å²) in [6.07, 6.45) is 2.32. The van der Waals surface area contributed by atoms with Crippen LogP contribution in [-0.4, -0.2) is 22.0 Å². The van der Waals surface area contributed by atoms with Gasteiger partial charge in [-0.05, 0) is 36.5 Å². The van der Waals surface area contributed by atoms with E-state index in [0.29, 0.717) is 18.5 Å². The van der Waals surface area contributed by atoms with Gasteiger partial charge in [0.2, 0.25) is 0 Å². The first-order chi connectivity index (χ1) is 12.6. The number of benzene rings is 2. The molecule has 0 saturated carbocycles. The molecule has 1 aliphatic carbocycles. The standard InChI is InChI=1S/C21H20N2O3.K/c24-20(22-12-13-6-2-1-3-7-13)16-10-4-8-14-15-9-5-11-17(21(25)26)19(15)23-18(14)16;/h1-4,6-8,10,17,23H,5,9,11-12H2,(H,22,24)(H,25,26);/q;+1. The van der Waals surface area contributed by atoms with Crippen molar-refractivity contribution in [1.82, 2.24) is 10.3 Å². The Balaban J connectivity index is 0.00000210. The quantitative estimate of drug-likeness (QED) is 0.574. The number of aliphatic carboxylic acids is 1. The summed E-state index contributed by atoms with van der Waals surface area (Å²) in [4.78, 5) is 27.5. The minimum absolute atomic E-state index is 0. The van der Waals surface area contributed by atoms with Gasteiger partial charge in [-0.3, -0.25) is 9.59 Å². The van der Waals surface area contributed by atoms with Gasteiger partial charge >= 0.3 is 57.4 Å². The van der Waals surface area contributed by atoms with E-state index in [1.165, 1.54) is 0 Å². The number of H-pyrrole nitrogens is 1. The van der Waals surface area contributed by atoms with Crippen molar-refractivity contribution in [3.05, 3.63) is 70.9 Å². The number of carboxylic acids is 1. The zero-order valence-electron chi connectivity index (χ0n) is 15.3. The maximum atomic E-state index is 12.7. The third kappa shape index (κ3) is 4.05. The third-order valence-electron chi connectivity index (χ3n) is 5.08. The summed E-state index contributed by atoms with van der Waals surface area (Å²) in [5.74, 6) is -1.50. The monoisotopic (exact) mass is 387 g/mol. The Hall–Kier alpha value is -1.44. The summed E-state index contributed by atoms with van der Waals surface area (Å²) < 4.78 is 0. The Labute approximate surface area is 200 Å². The Bertz CT molecular complexity index is 982. The van der Waals surface area contributed by atoms with Gasteiger partial charge in [-0.1, -0.05) is 42.5 Å². The Morgan fingerprint density at radius 1 is 1.11 bits per heavy atom. The smallest absolute Gasteiger partial charge is 0.481 e. The number of aromatic amines is 1. The van der Waals surface area contributed by atoms with E-state index >= 15 is 0 Å². The fourth-order valence-electron chi connectivity index (χ4n) is 3.80. The van der Waals surface area contributed by atoms with Gasteiger partial charge in [0.15, 0.2) is 0 Å². The molecular weight excluding hydrogens is 367 g/mol. The number of aryl methyl sites for hydroxylation is 1. The van der Waals surface area contributed by atoms with Gasteiger partial charge in [0, 0.05) is 17.6 Å². The van der Waals surface area contributed by atoms with Crippen molar-refractivity contribution in [2.45, 2.75) is 31.7 Å². The number of para-hydroxylation sites is 1. The number of carbonyl (C=O) groups excluding carboxylic acids is 1. The summed E-state index contributed by atoms with van der Waals surface area (Å²) in [7, 11) is 0. The van der Waals surface area contributed by atoms with E-state index in [1.807, 2.05) is 42.5 Å². The molecule has 3 N–H and O–H groups in total.